The Balaban J connectivity index is 1.22. The molecule has 2 aromatic rings. The van der Waals surface area contributed by atoms with Gasteiger partial charge in [-0.15, -0.1) is 0 Å². The SMILES string of the molecule is O=C(NC1CCCCC1)OCC[N+]12CCC(CC1)[C@@H](OC(=O)C(O)(c1ccccc1)c1ccccc1)C2. The third-order valence-corrected chi connectivity index (χ3v) is 8.70. The predicted molar refractivity (Wildman–Crippen MR) is 140 cm³/mol. The van der Waals surface area contributed by atoms with Gasteiger partial charge < -0.3 is 24.4 Å². The standard InChI is InChI=1S/C30H38N2O5/c33-28(30(35,24-10-4-1-5-11-24)25-12-6-2-7-13-25)37-27-22-32(18-16-23(27)17-19-32)20-21-36-29(34)31-26-14-8-3-9-15-26/h1-2,4-7,10-13,23,26-27,35H,3,8-9,14-22H2/p+1/t23?,27-,32?/m0/s1. The van der Waals surface area contributed by atoms with Crippen molar-refractivity contribution in [2.45, 2.75) is 62.7 Å². The summed E-state index contributed by atoms with van der Waals surface area (Å²) in [6.07, 6.45) is 6.95. The van der Waals surface area contributed by atoms with E-state index in [-0.39, 0.29) is 24.2 Å². The van der Waals surface area contributed by atoms with Gasteiger partial charge in [0.15, 0.2) is 6.10 Å². The second kappa shape index (κ2) is 11.2. The van der Waals surface area contributed by atoms with Crippen LogP contribution in [0, 0.1) is 5.92 Å². The van der Waals surface area contributed by atoms with Crippen molar-refractivity contribution in [2.24, 2.45) is 5.92 Å². The maximum atomic E-state index is 13.7. The van der Waals surface area contributed by atoms with Crippen LogP contribution in [0.15, 0.2) is 60.7 Å². The topological polar surface area (TPSA) is 84.9 Å². The molecule has 1 atom stereocenters. The third kappa shape index (κ3) is 5.68. The number of rotatable bonds is 8. The van der Waals surface area contributed by atoms with E-state index in [2.05, 4.69) is 5.32 Å². The first-order valence-electron chi connectivity index (χ1n) is 13.8. The number of hydrogen-bond acceptors (Lipinski definition) is 5. The molecule has 2 aromatic carbocycles. The molecule has 2 bridgehead atoms. The molecule has 0 aromatic heterocycles. The zero-order valence-electron chi connectivity index (χ0n) is 21.5. The Morgan fingerprint density at radius 2 is 1.49 bits per heavy atom. The van der Waals surface area contributed by atoms with E-state index >= 15 is 0 Å². The Labute approximate surface area is 219 Å². The normalized spacial score (nSPS) is 25.9. The van der Waals surface area contributed by atoms with Crippen LogP contribution in [0.1, 0.15) is 56.1 Å². The third-order valence-electron chi connectivity index (χ3n) is 8.70. The number of benzene rings is 2. The molecule has 2 N–H and O–H groups in total. The summed E-state index contributed by atoms with van der Waals surface area (Å²) in [4.78, 5) is 26.0. The Hall–Kier alpha value is -2.90. The smallest absolute Gasteiger partial charge is 0.407 e. The number of quaternary nitrogens is 1. The number of nitrogens with zero attached hydrogens (tertiary/aromatic N) is 1. The molecule has 6 rings (SSSR count). The largest absolute Gasteiger partial charge is 0.453 e. The summed E-state index contributed by atoms with van der Waals surface area (Å²) in [6.45, 7) is 3.73. The first-order chi connectivity index (χ1) is 18.0. The fourth-order valence-electron chi connectivity index (χ4n) is 6.44. The molecule has 37 heavy (non-hydrogen) atoms. The number of nitrogens with one attached hydrogen (secondary N) is 1. The number of fused-ring (bicyclic) bond motifs is 3. The molecule has 1 aliphatic carbocycles. The van der Waals surface area contributed by atoms with Crippen molar-refractivity contribution in [3.63, 3.8) is 0 Å². The molecule has 1 saturated carbocycles. The second-order valence-corrected chi connectivity index (χ2v) is 11.0. The minimum Gasteiger partial charge on any atom is -0.453 e. The fourth-order valence-corrected chi connectivity index (χ4v) is 6.44. The van der Waals surface area contributed by atoms with Crippen LogP contribution in [0.2, 0.25) is 0 Å². The van der Waals surface area contributed by atoms with Crippen LogP contribution in [0.4, 0.5) is 4.79 Å². The van der Waals surface area contributed by atoms with E-state index in [4.69, 9.17) is 9.47 Å². The highest BCUT2D eigenvalue weighted by Gasteiger charge is 2.50. The highest BCUT2D eigenvalue weighted by Crippen LogP contribution is 2.38. The van der Waals surface area contributed by atoms with Gasteiger partial charge in [0.05, 0.1) is 13.1 Å². The van der Waals surface area contributed by atoms with Crippen LogP contribution < -0.4 is 5.32 Å². The average Bonchev–Trinajstić information content (AvgIpc) is 2.94. The van der Waals surface area contributed by atoms with Crippen LogP contribution >= 0.6 is 0 Å². The molecule has 3 saturated heterocycles. The Bertz CT molecular complexity index is 1010. The lowest BCUT2D eigenvalue weighted by Gasteiger charge is -2.52. The molecule has 1 amide bonds. The van der Waals surface area contributed by atoms with Gasteiger partial charge in [0.25, 0.3) is 0 Å². The number of alkyl carbamates (subject to hydrolysis) is 1. The monoisotopic (exact) mass is 507 g/mol. The summed E-state index contributed by atoms with van der Waals surface area (Å²) >= 11 is 0. The van der Waals surface area contributed by atoms with Crippen LogP contribution in [0.25, 0.3) is 0 Å². The number of ether oxygens (including phenoxy) is 2. The number of esters is 1. The highest BCUT2D eigenvalue weighted by atomic mass is 16.6. The summed E-state index contributed by atoms with van der Waals surface area (Å²) in [5.74, 6) is -0.347. The minimum absolute atomic E-state index is 0.232. The van der Waals surface area contributed by atoms with Gasteiger partial charge in [-0.25, -0.2) is 9.59 Å². The molecule has 3 heterocycles. The van der Waals surface area contributed by atoms with E-state index in [0.29, 0.717) is 30.8 Å². The Kier molecular flexibility index (Phi) is 7.81. The summed E-state index contributed by atoms with van der Waals surface area (Å²) < 4.78 is 12.5. The van der Waals surface area contributed by atoms with Crippen molar-refractivity contribution in [1.29, 1.82) is 0 Å². The molecular formula is C30H39N2O5+. The fraction of sp³-hybridized carbons (Fsp3) is 0.533. The van der Waals surface area contributed by atoms with Gasteiger partial charge in [0.1, 0.15) is 19.7 Å². The lowest BCUT2D eigenvalue weighted by atomic mass is 9.82. The number of carbonyl (C=O) groups is 2. The lowest BCUT2D eigenvalue weighted by molar-refractivity contribution is -0.946. The average molecular weight is 508 g/mol. The molecule has 4 fully saturated rings. The number of hydrogen-bond donors (Lipinski definition) is 2. The van der Waals surface area contributed by atoms with Gasteiger partial charge in [-0.1, -0.05) is 79.9 Å². The molecule has 7 nitrogen and oxygen atoms in total. The van der Waals surface area contributed by atoms with Gasteiger partial charge in [-0.3, -0.25) is 0 Å². The quantitative estimate of drug-likeness (QED) is 0.415. The van der Waals surface area contributed by atoms with Crippen molar-refractivity contribution in [3.05, 3.63) is 71.8 Å². The van der Waals surface area contributed by atoms with Gasteiger partial charge in [-0.2, -0.15) is 0 Å². The lowest BCUT2D eigenvalue weighted by Crippen LogP contribution is -2.65. The molecule has 7 heteroatoms. The van der Waals surface area contributed by atoms with Gasteiger partial charge >= 0.3 is 12.1 Å². The summed E-state index contributed by atoms with van der Waals surface area (Å²) in [6, 6.07) is 18.2. The molecule has 0 radical (unpaired) electrons. The van der Waals surface area contributed by atoms with Crippen LogP contribution in [0.5, 0.6) is 0 Å². The summed E-state index contributed by atoms with van der Waals surface area (Å²) in [5.41, 5.74) is -0.887. The Morgan fingerprint density at radius 3 is 2.08 bits per heavy atom. The molecule has 0 unspecified atom stereocenters. The number of amides is 1. The molecule has 3 aliphatic heterocycles. The predicted octanol–water partition coefficient (Wildman–Crippen LogP) is 4.13. The van der Waals surface area contributed by atoms with Crippen molar-refractivity contribution >= 4 is 12.1 Å². The summed E-state index contributed by atoms with van der Waals surface area (Å²) in [5, 5.41) is 14.8. The number of piperidine rings is 3. The van der Waals surface area contributed by atoms with E-state index in [9.17, 15) is 14.7 Å². The number of aliphatic hydroxyl groups is 1. The highest BCUT2D eigenvalue weighted by molar-refractivity contribution is 5.85. The van der Waals surface area contributed by atoms with Crippen molar-refractivity contribution in [3.8, 4) is 0 Å². The zero-order valence-corrected chi connectivity index (χ0v) is 21.5. The number of carbonyl (C=O) groups excluding carboxylic acids is 2. The van der Waals surface area contributed by atoms with Gasteiger partial charge in [0, 0.05) is 24.8 Å². The first kappa shape index (κ1) is 25.7. The molecule has 4 aliphatic rings. The van der Waals surface area contributed by atoms with Crippen LogP contribution in [-0.2, 0) is 19.9 Å². The maximum Gasteiger partial charge on any atom is 0.407 e. The maximum absolute atomic E-state index is 13.7. The van der Waals surface area contributed by atoms with E-state index in [1.165, 1.54) is 6.42 Å². The Morgan fingerprint density at radius 1 is 0.892 bits per heavy atom. The van der Waals surface area contributed by atoms with Crippen LogP contribution in [0.3, 0.4) is 0 Å². The first-order valence-corrected chi connectivity index (χ1v) is 13.8. The van der Waals surface area contributed by atoms with E-state index in [0.717, 1.165) is 56.1 Å². The van der Waals surface area contributed by atoms with E-state index in [1.54, 1.807) is 24.3 Å². The summed E-state index contributed by atoms with van der Waals surface area (Å²) in [7, 11) is 0. The minimum atomic E-state index is -1.88. The molecule has 0 spiro atoms. The van der Waals surface area contributed by atoms with Crippen molar-refractivity contribution in [2.75, 3.05) is 32.8 Å². The van der Waals surface area contributed by atoms with Gasteiger partial charge in [0.2, 0.25) is 5.60 Å². The zero-order chi connectivity index (χ0) is 25.7. The van der Waals surface area contributed by atoms with Crippen molar-refractivity contribution in [1.82, 2.24) is 5.32 Å². The molecular weight excluding hydrogens is 468 g/mol. The van der Waals surface area contributed by atoms with Crippen molar-refractivity contribution < 1.29 is 28.7 Å². The van der Waals surface area contributed by atoms with E-state index in [1.807, 2.05) is 36.4 Å². The second-order valence-electron chi connectivity index (χ2n) is 11.0. The van der Waals surface area contributed by atoms with Gasteiger partial charge in [-0.05, 0) is 24.0 Å². The van der Waals surface area contributed by atoms with Crippen LogP contribution in [-0.4, -0.2) is 66.6 Å². The van der Waals surface area contributed by atoms with E-state index < -0.39 is 11.6 Å². The molecule has 198 valence electrons.